The number of carbonyl (C=O) groups excluding carboxylic acids is 1. The average Bonchev–Trinajstić information content (AvgIpc) is 2.79. The van der Waals surface area contributed by atoms with Crippen molar-refractivity contribution in [3.63, 3.8) is 0 Å². The molecular weight excluding hydrogens is 219 g/mol. The molecule has 1 aliphatic carbocycles. The minimum atomic E-state index is -0.300. The van der Waals surface area contributed by atoms with Crippen molar-refractivity contribution in [2.24, 2.45) is 0 Å². The first-order valence-corrected chi connectivity index (χ1v) is 6.03. The van der Waals surface area contributed by atoms with Gasteiger partial charge in [-0.3, -0.25) is 4.79 Å². The number of amides is 1. The Balaban J connectivity index is 1.75. The first-order chi connectivity index (χ1) is 8.24. The van der Waals surface area contributed by atoms with Crippen molar-refractivity contribution >= 4 is 11.6 Å². The van der Waals surface area contributed by atoms with E-state index < -0.39 is 0 Å². The first kappa shape index (κ1) is 11.9. The number of hydrogen-bond acceptors (Lipinski definition) is 2. The van der Waals surface area contributed by atoms with Crippen molar-refractivity contribution in [3.8, 4) is 0 Å². The van der Waals surface area contributed by atoms with Gasteiger partial charge in [0.2, 0.25) is 5.91 Å². The van der Waals surface area contributed by atoms with E-state index in [-0.39, 0.29) is 18.3 Å². The lowest BCUT2D eigenvalue weighted by Crippen LogP contribution is -2.36. The Morgan fingerprint density at radius 3 is 2.82 bits per heavy atom. The van der Waals surface area contributed by atoms with E-state index >= 15 is 0 Å². The minimum absolute atomic E-state index is 0.0267. The fourth-order valence-electron chi connectivity index (χ4n) is 2.13. The van der Waals surface area contributed by atoms with Crippen molar-refractivity contribution in [2.45, 2.75) is 31.7 Å². The van der Waals surface area contributed by atoms with Gasteiger partial charge in [-0.15, -0.1) is 0 Å². The maximum absolute atomic E-state index is 12.9. The van der Waals surface area contributed by atoms with E-state index in [1.54, 1.807) is 12.1 Å². The van der Waals surface area contributed by atoms with E-state index in [0.29, 0.717) is 11.7 Å². The van der Waals surface area contributed by atoms with Gasteiger partial charge in [0.1, 0.15) is 5.82 Å². The minimum Gasteiger partial charge on any atom is -0.376 e. The molecular formula is C13H17FN2O. The Bertz CT molecular complexity index is 389. The van der Waals surface area contributed by atoms with Crippen LogP contribution in [-0.4, -0.2) is 18.5 Å². The molecule has 17 heavy (non-hydrogen) atoms. The van der Waals surface area contributed by atoms with Crippen molar-refractivity contribution in [2.75, 3.05) is 11.9 Å². The monoisotopic (exact) mass is 236 g/mol. The number of nitrogens with one attached hydrogen (secondary N) is 2. The van der Waals surface area contributed by atoms with Crippen LogP contribution in [0.15, 0.2) is 24.3 Å². The molecule has 1 aliphatic rings. The molecule has 1 saturated carbocycles. The number of hydrogen-bond donors (Lipinski definition) is 2. The third-order valence-corrected chi connectivity index (χ3v) is 3.00. The predicted molar refractivity (Wildman–Crippen MR) is 65.3 cm³/mol. The molecule has 1 aromatic rings. The summed E-state index contributed by atoms with van der Waals surface area (Å²) in [4.78, 5) is 11.6. The van der Waals surface area contributed by atoms with Crippen LogP contribution < -0.4 is 10.6 Å². The Morgan fingerprint density at radius 1 is 1.35 bits per heavy atom. The van der Waals surface area contributed by atoms with Crippen molar-refractivity contribution < 1.29 is 9.18 Å². The molecule has 2 N–H and O–H groups in total. The van der Waals surface area contributed by atoms with Crippen LogP contribution in [0.2, 0.25) is 0 Å². The molecule has 0 radical (unpaired) electrons. The molecule has 1 amide bonds. The SMILES string of the molecule is O=C(CNc1cccc(F)c1)NC1CCCC1. The summed E-state index contributed by atoms with van der Waals surface area (Å²) < 4.78 is 12.9. The summed E-state index contributed by atoms with van der Waals surface area (Å²) in [6.45, 7) is 0.194. The summed E-state index contributed by atoms with van der Waals surface area (Å²) in [5.41, 5.74) is 0.631. The van der Waals surface area contributed by atoms with E-state index in [1.165, 1.54) is 25.0 Å². The number of anilines is 1. The van der Waals surface area contributed by atoms with Crippen LogP contribution in [0.5, 0.6) is 0 Å². The highest BCUT2D eigenvalue weighted by Crippen LogP contribution is 2.17. The summed E-state index contributed by atoms with van der Waals surface area (Å²) in [5, 5.41) is 5.88. The molecule has 0 saturated heterocycles. The molecule has 2 rings (SSSR count). The van der Waals surface area contributed by atoms with Gasteiger partial charge in [0.15, 0.2) is 0 Å². The molecule has 0 atom stereocenters. The van der Waals surface area contributed by atoms with Crippen molar-refractivity contribution in [3.05, 3.63) is 30.1 Å². The van der Waals surface area contributed by atoms with Gasteiger partial charge >= 0.3 is 0 Å². The van der Waals surface area contributed by atoms with E-state index in [1.807, 2.05) is 0 Å². The summed E-state index contributed by atoms with van der Waals surface area (Å²) in [5.74, 6) is -0.327. The van der Waals surface area contributed by atoms with Gasteiger partial charge in [-0.25, -0.2) is 4.39 Å². The van der Waals surface area contributed by atoms with Crippen LogP contribution in [0.25, 0.3) is 0 Å². The van der Waals surface area contributed by atoms with Crippen molar-refractivity contribution in [1.82, 2.24) is 5.32 Å². The molecule has 4 heteroatoms. The third kappa shape index (κ3) is 3.73. The Kier molecular flexibility index (Phi) is 3.96. The molecule has 0 aliphatic heterocycles. The van der Waals surface area contributed by atoms with Gasteiger partial charge in [0.05, 0.1) is 6.54 Å². The summed E-state index contributed by atoms with van der Waals surface area (Å²) in [7, 11) is 0. The quantitative estimate of drug-likeness (QED) is 0.842. The Hall–Kier alpha value is -1.58. The standard InChI is InChI=1S/C13H17FN2O/c14-10-4-3-7-12(8-10)15-9-13(17)16-11-5-1-2-6-11/h3-4,7-8,11,15H,1-2,5-6,9H2,(H,16,17). The second kappa shape index (κ2) is 5.66. The van der Waals surface area contributed by atoms with Gasteiger partial charge in [0, 0.05) is 11.7 Å². The number of benzene rings is 1. The van der Waals surface area contributed by atoms with Crippen molar-refractivity contribution in [1.29, 1.82) is 0 Å². The number of carbonyl (C=O) groups is 1. The third-order valence-electron chi connectivity index (χ3n) is 3.00. The molecule has 0 unspecified atom stereocenters. The second-order valence-corrected chi connectivity index (χ2v) is 4.41. The molecule has 0 heterocycles. The molecule has 0 spiro atoms. The van der Waals surface area contributed by atoms with Crippen LogP contribution in [0.4, 0.5) is 10.1 Å². The highest BCUT2D eigenvalue weighted by atomic mass is 19.1. The van der Waals surface area contributed by atoms with Gasteiger partial charge in [-0.2, -0.15) is 0 Å². The van der Waals surface area contributed by atoms with E-state index in [0.717, 1.165) is 12.8 Å². The van der Waals surface area contributed by atoms with Crippen LogP contribution >= 0.6 is 0 Å². The Labute approximate surface area is 100 Å². The zero-order valence-electron chi connectivity index (χ0n) is 9.71. The lowest BCUT2D eigenvalue weighted by atomic mass is 10.2. The van der Waals surface area contributed by atoms with Gasteiger partial charge < -0.3 is 10.6 Å². The number of rotatable bonds is 4. The second-order valence-electron chi connectivity index (χ2n) is 4.41. The van der Waals surface area contributed by atoms with Crippen LogP contribution in [-0.2, 0) is 4.79 Å². The summed E-state index contributed by atoms with van der Waals surface area (Å²) >= 11 is 0. The average molecular weight is 236 g/mol. The molecule has 1 fully saturated rings. The Morgan fingerprint density at radius 2 is 2.12 bits per heavy atom. The molecule has 0 aromatic heterocycles. The summed E-state index contributed by atoms with van der Waals surface area (Å²) in [6, 6.07) is 6.45. The first-order valence-electron chi connectivity index (χ1n) is 6.03. The topological polar surface area (TPSA) is 41.1 Å². The summed E-state index contributed by atoms with van der Waals surface area (Å²) in [6.07, 6.45) is 4.54. The van der Waals surface area contributed by atoms with Gasteiger partial charge in [-0.05, 0) is 31.0 Å². The normalized spacial score (nSPS) is 15.8. The zero-order chi connectivity index (χ0) is 12.1. The maximum atomic E-state index is 12.9. The molecule has 3 nitrogen and oxygen atoms in total. The van der Waals surface area contributed by atoms with Crippen LogP contribution in [0.3, 0.4) is 0 Å². The van der Waals surface area contributed by atoms with E-state index in [9.17, 15) is 9.18 Å². The zero-order valence-corrected chi connectivity index (χ0v) is 9.71. The maximum Gasteiger partial charge on any atom is 0.239 e. The van der Waals surface area contributed by atoms with E-state index in [4.69, 9.17) is 0 Å². The fraction of sp³-hybridized carbons (Fsp3) is 0.462. The smallest absolute Gasteiger partial charge is 0.239 e. The predicted octanol–water partition coefficient (Wildman–Crippen LogP) is 2.30. The fourth-order valence-corrected chi connectivity index (χ4v) is 2.13. The van der Waals surface area contributed by atoms with Crippen LogP contribution in [0, 0.1) is 5.82 Å². The van der Waals surface area contributed by atoms with E-state index in [2.05, 4.69) is 10.6 Å². The molecule has 92 valence electrons. The lowest BCUT2D eigenvalue weighted by Gasteiger charge is -2.12. The number of halogens is 1. The largest absolute Gasteiger partial charge is 0.376 e. The molecule has 0 bridgehead atoms. The van der Waals surface area contributed by atoms with Crippen LogP contribution in [0.1, 0.15) is 25.7 Å². The lowest BCUT2D eigenvalue weighted by molar-refractivity contribution is -0.120. The molecule has 1 aromatic carbocycles. The van der Waals surface area contributed by atoms with Gasteiger partial charge in [0.25, 0.3) is 0 Å². The highest BCUT2D eigenvalue weighted by molar-refractivity contribution is 5.80. The van der Waals surface area contributed by atoms with Gasteiger partial charge in [-0.1, -0.05) is 18.9 Å². The highest BCUT2D eigenvalue weighted by Gasteiger charge is 2.16.